The van der Waals surface area contributed by atoms with E-state index in [4.69, 9.17) is 23.2 Å². The van der Waals surface area contributed by atoms with Gasteiger partial charge in [0.25, 0.3) is 5.91 Å². The second kappa shape index (κ2) is 6.79. The van der Waals surface area contributed by atoms with Gasteiger partial charge in [-0.05, 0) is 30.7 Å². The van der Waals surface area contributed by atoms with Gasteiger partial charge < -0.3 is 10.0 Å². The van der Waals surface area contributed by atoms with Gasteiger partial charge in [0.2, 0.25) is 0 Å². The van der Waals surface area contributed by atoms with E-state index < -0.39 is 17.3 Å². The lowest BCUT2D eigenvalue weighted by Gasteiger charge is -2.22. The van der Waals surface area contributed by atoms with Crippen LogP contribution in [0.25, 0.3) is 0 Å². The van der Waals surface area contributed by atoms with Crippen molar-refractivity contribution in [2.24, 2.45) is 0 Å². The Labute approximate surface area is 156 Å². The molecule has 4 nitrogen and oxygen atoms in total. The van der Waals surface area contributed by atoms with E-state index in [9.17, 15) is 14.7 Å². The van der Waals surface area contributed by atoms with Crippen molar-refractivity contribution in [1.82, 2.24) is 0 Å². The van der Waals surface area contributed by atoms with Crippen molar-refractivity contribution in [3.63, 3.8) is 0 Å². The number of benzene rings is 2. The zero-order chi connectivity index (χ0) is 18.2. The molecule has 2 aromatic rings. The summed E-state index contributed by atoms with van der Waals surface area (Å²) in [5.41, 5.74) is -0.552. The van der Waals surface area contributed by atoms with E-state index in [1.807, 2.05) is 6.92 Å². The Morgan fingerprint density at radius 2 is 1.92 bits per heavy atom. The number of amides is 1. The Bertz CT molecular complexity index is 852. The van der Waals surface area contributed by atoms with Crippen LogP contribution in [0.2, 0.25) is 10.0 Å². The highest BCUT2D eigenvalue weighted by Crippen LogP contribution is 2.43. The lowest BCUT2D eigenvalue weighted by atomic mass is 9.88. The number of hydrogen-bond acceptors (Lipinski definition) is 3. The van der Waals surface area contributed by atoms with E-state index in [1.165, 1.54) is 17.0 Å². The summed E-state index contributed by atoms with van der Waals surface area (Å²) in [4.78, 5) is 27.1. The number of carbonyl (C=O) groups is 2. The van der Waals surface area contributed by atoms with Crippen LogP contribution in [0, 0.1) is 0 Å². The lowest BCUT2D eigenvalue weighted by molar-refractivity contribution is -0.135. The summed E-state index contributed by atoms with van der Waals surface area (Å²) in [6, 6.07) is 11.5. The van der Waals surface area contributed by atoms with Gasteiger partial charge >= 0.3 is 0 Å². The number of carbonyl (C=O) groups excluding carboxylic acids is 2. The number of Topliss-reactive ketones (excluding diaryl/α,β-unsaturated/α-hetero) is 1. The average molecular weight is 378 g/mol. The topological polar surface area (TPSA) is 57.6 Å². The van der Waals surface area contributed by atoms with Crippen molar-refractivity contribution < 1.29 is 14.7 Å². The molecule has 0 aliphatic carbocycles. The third-order valence-corrected chi connectivity index (χ3v) is 4.88. The van der Waals surface area contributed by atoms with Crippen LogP contribution in [-0.4, -0.2) is 23.3 Å². The zero-order valence-electron chi connectivity index (χ0n) is 13.6. The molecule has 1 aliphatic heterocycles. The molecule has 3 rings (SSSR count). The van der Waals surface area contributed by atoms with E-state index in [2.05, 4.69) is 0 Å². The van der Waals surface area contributed by atoms with Crippen molar-refractivity contribution in [3.05, 3.63) is 63.6 Å². The number of anilines is 1. The maximum absolute atomic E-state index is 12.8. The SMILES string of the molecule is CCCN1C(=O)[C@](O)(CC(=O)c2ccc(Cl)cc2Cl)c2ccccc21. The van der Waals surface area contributed by atoms with E-state index >= 15 is 0 Å². The molecule has 130 valence electrons. The van der Waals surface area contributed by atoms with Crippen LogP contribution < -0.4 is 4.90 Å². The summed E-state index contributed by atoms with van der Waals surface area (Å²) < 4.78 is 0. The van der Waals surface area contributed by atoms with Crippen molar-refractivity contribution in [2.75, 3.05) is 11.4 Å². The molecule has 1 amide bonds. The largest absolute Gasteiger partial charge is 0.375 e. The first kappa shape index (κ1) is 17.9. The van der Waals surface area contributed by atoms with Crippen LogP contribution in [0.3, 0.4) is 0 Å². The second-order valence-electron chi connectivity index (χ2n) is 6.06. The minimum atomic E-state index is -1.88. The Morgan fingerprint density at radius 1 is 1.20 bits per heavy atom. The maximum atomic E-state index is 12.8. The van der Waals surface area contributed by atoms with Crippen molar-refractivity contribution in [3.8, 4) is 0 Å². The third kappa shape index (κ3) is 3.06. The van der Waals surface area contributed by atoms with Crippen LogP contribution in [-0.2, 0) is 10.4 Å². The van der Waals surface area contributed by atoms with Crippen LogP contribution in [0.15, 0.2) is 42.5 Å². The number of ketones is 1. The molecule has 1 N–H and O–H groups in total. The molecule has 0 fully saturated rings. The molecule has 6 heteroatoms. The second-order valence-corrected chi connectivity index (χ2v) is 6.90. The Morgan fingerprint density at radius 3 is 2.60 bits per heavy atom. The van der Waals surface area contributed by atoms with Crippen molar-refractivity contribution in [1.29, 1.82) is 0 Å². The van der Waals surface area contributed by atoms with Gasteiger partial charge in [-0.15, -0.1) is 0 Å². The molecule has 1 atom stereocenters. The minimum Gasteiger partial charge on any atom is -0.375 e. The Kier molecular flexibility index (Phi) is 4.87. The fraction of sp³-hybridized carbons (Fsp3) is 0.263. The summed E-state index contributed by atoms with van der Waals surface area (Å²) in [5, 5.41) is 11.7. The Balaban J connectivity index is 1.98. The smallest absolute Gasteiger partial charge is 0.264 e. The molecule has 0 aromatic heterocycles. The number of aliphatic hydroxyl groups is 1. The fourth-order valence-corrected chi connectivity index (χ4v) is 3.68. The minimum absolute atomic E-state index is 0.199. The first-order chi connectivity index (χ1) is 11.9. The van der Waals surface area contributed by atoms with Crippen LogP contribution >= 0.6 is 23.2 Å². The monoisotopic (exact) mass is 377 g/mol. The third-order valence-electron chi connectivity index (χ3n) is 4.33. The predicted molar refractivity (Wildman–Crippen MR) is 98.4 cm³/mol. The molecule has 0 bridgehead atoms. The molecular formula is C19H17Cl2NO3. The van der Waals surface area contributed by atoms with Crippen molar-refractivity contribution >= 4 is 40.6 Å². The van der Waals surface area contributed by atoms with Crippen LogP contribution in [0.5, 0.6) is 0 Å². The quantitative estimate of drug-likeness (QED) is 0.793. The van der Waals surface area contributed by atoms with E-state index in [-0.39, 0.29) is 17.0 Å². The standard InChI is InChI=1S/C19H17Cl2NO3/c1-2-9-22-16-6-4-3-5-14(16)19(25,18(22)24)11-17(23)13-8-7-12(20)10-15(13)21/h3-8,10,25H,2,9,11H2,1H3/t19-/m0/s1. The van der Waals surface area contributed by atoms with Gasteiger partial charge in [0, 0.05) is 22.7 Å². The van der Waals surface area contributed by atoms with Gasteiger partial charge in [0.1, 0.15) is 0 Å². The highest BCUT2D eigenvalue weighted by atomic mass is 35.5. The first-order valence-electron chi connectivity index (χ1n) is 8.00. The van der Waals surface area contributed by atoms with Gasteiger partial charge in [0.15, 0.2) is 11.4 Å². The molecule has 2 aromatic carbocycles. The van der Waals surface area contributed by atoms with Gasteiger partial charge in [-0.2, -0.15) is 0 Å². The predicted octanol–water partition coefficient (Wildman–Crippen LogP) is 4.21. The number of halogens is 2. The molecular weight excluding hydrogens is 361 g/mol. The van der Waals surface area contributed by atoms with Gasteiger partial charge in [-0.25, -0.2) is 0 Å². The zero-order valence-corrected chi connectivity index (χ0v) is 15.1. The summed E-state index contributed by atoms with van der Waals surface area (Å²) in [7, 11) is 0. The molecule has 0 unspecified atom stereocenters. The molecule has 0 radical (unpaired) electrons. The van der Waals surface area contributed by atoms with E-state index in [0.717, 1.165) is 6.42 Å². The highest BCUT2D eigenvalue weighted by Gasteiger charge is 2.50. The molecule has 0 saturated heterocycles. The fourth-order valence-electron chi connectivity index (χ4n) is 3.17. The molecule has 0 saturated carbocycles. The lowest BCUT2D eigenvalue weighted by Crippen LogP contribution is -2.42. The van der Waals surface area contributed by atoms with E-state index in [1.54, 1.807) is 30.3 Å². The normalized spacial score (nSPS) is 19.2. The average Bonchev–Trinajstić information content (AvgIpc) is 2.77. The van der Waals surface area contributed by atoms with Crippen molar-refractivity contribution in [2.45, 2.75) is 25.4 Å². The number of hydrogen-bond donors (Lipinski definition) is 1. The number of rotatable bonds is 5. The maximum Gasteiger partial charge on any atom is 0.264 e. The Hall–Kier alpha value is -1.88. The van der Waals surface area contributed by atoms with E-state index in [0.29, 0.717) is 22.8 Å². The number of para-hydroxylation sites is 1. The summed E-state index contributed by atoms with van der Waals surface area (Å²) in [5.74, 6) is -0.889. The molecule has 25 heavy (non-hydrogen) atoms. The van der Waals surface area contributed by atoms with Gasteiger partial charge in [0.05, 0.1) is 17.1 Å². The number of nitrogens with zero attached hydrogens (tertiary/aromatic N) is 1. The van der Waals surface area contributed by atoms with Crippen LogP contribution in [0.1, 0.15) is 35.7 Å². The first-order valence-corrected chi connectivity index (χ1v) is 8.76. The highest BCUT2D eigenvalue weighted by molar-refractivity contribution is 6.37. The van der Waals surface area contributed by atoms with Crippen LogP contribution in [0.4, 0.5) is 5.69 Å². The summed E-state index contributed by atoms with van der Waals surface area (Å²) in [6.45, 7) is 2.43. The van der Waals surface area contributed by atoms with Gasteiger partial charge in [-0.1, -0.05) is 48.3 Å². The molecule has 0 spiro atoms. The van der Waals surface area contributed by atoms with Gasteiger partial charge in [-0.3, -0.25) is 9.59 Å². The number of fused-ring (bicyclic) bond motifs is 1. The molecule has 1 heterocycles. The summed E-state index contributed by atoms with van der Waals surface area (Å²) in [6.07, 6.45) is 0.373. The molecule has 1 aliphatic rings. The summed E-state index contributed by atoms with van der Waals surface area (Å²) >= 11 is 11.9.